The Bertz CT molecular complexity index is 578. The van der Waals surface area contributed by atoms with E-state index in [1.54, 1.807) is 0 Å². The van der Waals surface area contributed by atoms with Crippen LogP contribution >= 0.6 is 0 Å². The first-order valence-corrected chi connectivity index (χ1v) is 8.99. The molecule has 0 N–H and O–H groups in total. The van der Waals surface area contributed by atoms with Gasteiger partial charge in [0.1, 0.15) is 0 Å². The molecule has 0 spiro atoms. The topological polar surface area (TPSA) is 66.5 Å². The molecule has 0 aromatic heterocycles. The lowest BCUT2D eigenvalue weighted by molar-refractivity contribution is 0.0939. The predicted molar refractivity (Wildman–Crippen MR) is 102 cm³/mol. The Balaban J connectivity index is 0.000000195. The van der Waals surface area contributed by atoms with Gasteiger partial charge in [-0.15, -0.1) is 0 Å². The number of carbonyl (C=O) groups is 1. The molecule has 0 atom stereocenters. The molecule has 0 unspecified atom stereocenters. The summed E-state index contributed by atoms with van der Waals surface area (Å²) in [5.74, 6) is 1.46. The maximum absolute atomic E-state index is 11.3. The van der Waals surface area contributed by atoms with Crippen molar-refractivity contribution in [2.24, 2.45) is 38.2 Å². The van der Waals surface area contributed by atoms with Crippen molar-refractivity contribution in [2.75, 3.05) is 0 Å². The van der Waals surface area contributed by atoms with Crippen molar-refractivity contribution in [3.05, 3.63) is 35.9 Å². The minimum absolute atomic E-state index is 0. The van der Waals surface area contributed by atoms with Gasteiger partial charge >= 0.3 is 0 Å². The smallest absolute Gasteiger partial charge is 0.190 e. The Hall–Kier alpha value is -1.91. The van der Waals surface area contributed by atoms with Crippen molar-refractivity contribution >= 4 is 5.78 Å². The minimum Gasteiger partial charge on any atom is -0.294 e. The van der Waals surface area contributed by atoms with Gasteiger partial charge in [0.15, 0.2) is 17.1 Å². The fourth-order valence-corrected chi connectivity index (χ4v) is 1.56. The SMILES string of the molecule is CC(C)C(=O)c1ccccc1.CC(C)C1(C)N=N1.CC(C)C1(C)N=N1. The second kappa shape index (κ2) is 8.45. The largest absolute Gasteiger partial charge is 0.294 e. The van der Waals surface area contributed by atoms with E-state index in [2.05, 4.69) is 48.2 Å². The number of carbonyl (C=O) groups excluding carboxylic acids is 1. The zero-order chi connectivity index (χ0) is 19.3. The van der Waals surface area contributed by atoms with Gasteiger partial charge in [-0.25, -0.2) is 0 Å². The summed E-state index contributed by atoms with van der Waals surface area (Å²) in [6, 6.07) is 9.38. The van der Waals surface area contributed by atoms with Crippen molar-refractivity contribution < 1.29 is 4.79 Å². The van der Waals surface area contributed by atoms with Gasteiger partial charge in [0.2, 0.25) is 0 Å². The summed E-state index contributed by atoms with van der Waals surface area (Å²) in [6.07, 6.45) is 0. The van der Waals surface area contributed by atoms with Gasteiger partial charge in [-0.3, -0.25) is 4.79 Å². The van der Waals surface area contributed by atoms with E-state index in [4.69, 9.17) is 0 Å². The molecule has 2 heterocycles. The lowest BCUT2D eigenvalue weighted by atomic mass is 10.0. The van der Waals surface area contributed by atoms with Crippen LogP contribution in [0.1, 0.15) is 65.7 Å². The fourth-order valence-electron chi connectivity index (χ4n) is 1.56. The first kappa shape index (κ1) is 21.1. The van der Waals surface area contributed by atoms with E-state index in [1.807, 2.05) is 58.0 Å². The van der Waals surface area contributed by atoms with Crippen LogP contribution in [-0.2, 0) is 0 Å². The lowest BCUT2D eigenvalue weighted by Gasteiger charge is -2.04. The quantitative estimate of drug-likeness (QED) is 0.602. The maximum Gasteiger partial charge on any atom is 0.190 e. The average molecular weight is 345 g/mol. The Kier molecular flexibility index (Phi) is 7.15. The second-order valence-corrected chi connectivity index (χ2v) is 7.78. The molecular weight excluding hydrogens is 312 g/mol. The number of Topliss-reactive ketones (excluding diaryl/α,β-unsaturated/α-hetero) is 1. The highest BCUT2D eigenvalue weighted by Crippen LogP contribution is 2.35. The van der Waals surface area contributed by atoms with Crippen LogP contribution in [0.5, 0.6) is 0 Å². The van der Waals surface area contributed by atoms with Crippen LogP contribution < -0.4 is 0 Å². The average Bonchev–Trinajstić information content (AvgIpc) is 3.48. The maximum atomic E-state index is 11.3. The monoisotopic (exact) mass is 344 g/mol. The van der Waals surface area contributed by atoms with Gasteiger partial charge in [-0.05, 0) is 13.8 Å². The molecule has 2 aliphatic heterocycles. The summed E-state index contributed by atoms with van der Waals surface area (Å²) < 4.78 is 0. The highest BCUT2D eigenvalue weighted by Gasteiger charge is 2.37. The molecule has 0 saturated carbocycles. The van der Waals surface area contributed by atoms with Gasteiger partial charge in [0.25, 0.3) is 0 Å². The van der Waals surface area contributed by atoms with Crippen LogP contribution in [0.3, 0.4) is 0 Å². The third kappa shape index (κ3) is 6.85. The zero-order valence-electron chi connectivity index (χ0n) is 16.8. The second-order valence-electron chi connectivity index (χ2n) is 7.78. The molecule has 25 heavy (non-hydrogen) atoms. The first-order chi connectivity index (χ1) is 11.5. The number of nitrogens with zero attached hydrogens (tertiary/aromatic N) is 4. The minimum atomic E-state index is 0. The van der Waals surface area contributed by atoms with E-state index in [0.717, 1.165) is 5.56 Å². The molecule has 0 aliphatic carbocycles. The molecule has 5 heteroatoms. The van der Waals surface area contributed by atoms with Gasteiger partial charge < -0.3 is 0 Å². The van der Waals surface area contributed by atoms with Gasteiger partial charge in [0.05, 0.1) is 0 Å². The zero-order valence-corrected chi connectivity index (χ0v) is 16.8. The molecule has 2 aliphatic rings. The van der Waals surface area contributed by atoms with Gasteiger partial charge in [-0.1, -0.05) is 71.9 Å². The van der Waals surface area contributed by atoms with Crippen LogP contribution in [0, 0.1) is 17.8 Å². The summed E-state index contributed by atoms with van der Waals surface area (Å²) in [6.45, 7) is 16.4. The Morgan fingerprint density at radius 2 is 1.12 bits per heavy atom. The number of hydrogen-bond acceptors (Lipinski definition) is 5. The van der Waals surface area contributed by atoms with Crippen molar-refractivity contribution in [2.45, 2.75) is 66.7 Å². The summed E-state index contributed by atoms with van der Waals surface area (Å²) in [4.78, 5) is 11.3. The molecule has 138 valence electrons. The van der Waals surface area contributed by atoms with Gasteiger partial charge in [-0.2, -0.15) is 20.5 Å². The van der Waals surface area contributed by atoms with E-state index >= 15 is 0 Å². The number of rotatable bonds is 4. The molecule has 3 rings (SSSR count). The van der Waals surface area contributed by atoms with Crippen molar-refractivity contribution in [3.63, 3.8) is 0 Å². The van der Waals surface area contributed by atoms with Crippen LogP contribution in [0.25, 0.3) is 0 Å². The number of benzene rings is 1. The summed E-state index contributed by atoms with van der Waals surface area (Å²) in [5, 5.41) is 15.4. The summed E-state index contributed by atoms with van der Waals surface area (Å²) >= 11 is 0. The van der Waals surface area contributed by atoms with Crippen LogP contribution in [0.4, 0.5) is 0 Å². The van der Waals surface area contributed by atoms with E-state index in [-0.39, 0.29) is 23.0 Å². The first-order valence-electron chi connectivity index (χ1n) is 8.99. The highest BCUT2D eigenvalue weighted by molar-refractivity contribution is 5.97. The van der Waals surface area contributed by atoms with Crippen molar-refractivity contribution in [3.8, 4) is 0 Å². The fraction of sp³-hybridized carbons (Fsp3) is 0.650. The van der Waals surface area contributed by atoms with Crippen LogP contribution in [0.2, 0.25) is 0 Å². The predicted octanol–water partition coefficient (Wildman–Crippen LogP) is 6.17. The van der Waals surface area contributed by atoms with E-state index < -0.39 is 0 Å². The van der Waals surface area contributed by atoms with E-state index in [1.165, 1.54) is 0 Å². The van der Waals surface area contributed by atoms with Crippen molar-refractivity contribution in [1.82, 2.24) is 0 Å². The van der Waals surface area contributed by atoms with E-state index in [0.29, 0.717) is 11.8 Å². The summed E-state index contributed by atoms with van der Waals surface area (Å²) in [5.41, 5.74) is 0.808. The third-order valence-electron chi connectivity index (χ3n) is 4.60. The van der Waals surface area contributed by atoms with E-state index in [9.17, 15) is 4.79 Å². The molecule has 0 radical (unpaired) electrons. The van der Waals surface area contributed by atoms with Crippen LogP contribution in [0.15, 0.2) is 50.8 Å². The highest BCUT2D eigenvalue weighted by atomic mass is 16.1. The summed E-state index contributed by atoms with van der Waals surface area (Å²) in [7, 11) is 0. The molecular formula is C20H32N4O. The number of ketones is 1. The third-order valence-corrected chi connectivity index (χ3v) is 4.60. The Morgan fingerprint density at radius 1 is 0.760 bits per heavy atom. The Labute approximate surface area is 152 Å². The molecule has 0 saturated heterocycles. The van der Waals surface area contributed by atoms with Crippen LogP contribution in [-0.4, -0.2) is 17.1 Å². The lowest BCUT2D eigenvalue weighted by Crippen LogP contribution is -2.12. The van der Waals surface area contributed by atoms with Crippen molar-refractivity contribution in [1.29, 1.82) is 0 Å². The molecule has 1 aromatic carbocycles. The molecule has 0 fully saturated rings. The van der Waals surface area contributed by atoms with Gasteiger partial charge in [0, 0.05) is 23.3 Å². The molecule has 0 amide bonds. The molecule has 0 bridgehead atoms. The molecule has 1 aromatic rings. The Morgan fingerprint density at radius 3 is 1.32 bits per heavy atom. The number of hydrogen-bond donors (Lipinski definition) is 0. The normalized spacial score (nSPS) is 17.6. The standard InChI is InChI=1S/C10H12O.2C5H10N2/c1-8(2)10(11)9-6-4-3-5-7-9;2*1-4(2)5(3)6-7-5/h3-8H,1-2H3;2*4H,1-3H3. The molecule has 5 nitrogen and oxygen atoms in total.